The van der Waals surface area contributed by atoms with Gasteiger partial charge in [-0.2, -0.15) is 4.31 Å². The lowest BCUT2D eigenvalue weighted by atomic mass is 9.58. The Kier molecular flexibility index (Phi) is 3.81. The van der Waals surface area contributed by atoms with Crippen LogP contribution in [-0.2, 0) is 15.4 Å². The SMILES string of the molecule is C=CC1CCC[C@@]23Nc4ccccc4[C@@]12CCN3S(=O)(=O)c1ccc(C)cc1. The number of allylic oxidation sites excluding steroid dienone is 1. The van der Waals surface area contributed by atoms with Crippen LogP contribution in [0.4, 0.5) is 5.69 Å². The number of para-hydroxylation sites is 1. The van der Waals surface area contributed by atoms with E-state index in [-0.39, 0.29) is 11.3 Å². The highest BCUT2D eigenvalue weighted by atomic mass is 32.2. The molecule has 1 saturated carbocycles. The van der Waals surface area contributed by atoms with E-state index in [1.165, 1.54) is 5.56 Å². The van der Waals surface area contributed by atoms with Gasteiger partial charge in [-0.3, -0.25) is 0 Å². The summed E-state index contributed by atoms with van der Waals surface area (Å²) in [6.45, 7) is 6.63. The van der Waals surface area contributed by atoms with Crippen LogP contribution in [0, 0.1) is 12.8 Å². The number of nitrogens with one attached hydrogen (secondary N) is 1. The molecular weight excluding hydrogens is 368 g/mol. The fourth-order valence-electron chi connectivity index (χ4n) is 6.04. The molecule has 2 aromatic carbocycles. The monoisotopic (exact) mass is 394 g/mol. The molecule has 4 nitrogen and oxygen atoms in total. The summed E-state index contributed by atoms with van der Waals surface area (Å²) in [5, 5.41) is 3.70. The van der Waals surface area contributed by atoms with Crippen molar-refractivity contribution in [2.24, 2.45) is 5.92 Å². The van der Waals surface area contributed by atoms with Gasteiger partial charge in [-0.1, -0.05) is 42.0 Å². The topological polar surface area (TPSA) is 49.4 Å². The molecule has 0 spiro atoms. The summed E-state index contributed by atoms with van der Waals surface area (Å²) in [5.41, 5.74) is 2.52. The number of nitrogens with zero attached hydrogens (tertiary/aromatic N) is 1. The lowest BCUT2D eigenvalue weighted by Gasteiger charge is -2.51. The van der Waals surface area contributed by atoms with Gasteiger partial charge in [0.2, 0.25) is 10.0 Å². The normalized spacial score (nSPS) is 31.5. The van der Waals surface area contributed by atoms with Crippen molar-refractivity contribution in [3.63, 3.8) is 0 Å². The number of anilines is 1. The van der Waals surface area contributed by atoms with Crippen LogP contribution in [0.25, 0.3) is 0 Å². The third-order valence-electron chi connectivity index (χ3n) is 7.20. The van der Waals surface area contributed by atoms with E-state index in [4.69, 9.17) is 0 Å². The van der Waals surface area contributed by atoms with Crippen LogP contribution in [0.5, 0.6) is 0 Å². The summed E-state index contributed by atoms with van der Waals surface area (Å²) in [6.07, 6.45) is 5.73. The molecule has 2 fully saturated rings. The molecule has 28 heavy (non-hydrogen) atoms. The van der Waals surface area contributed by atoms with Crippen molar-refractivity contribution in [1.82, 2.24) is 4.31 Å². The minimum atomic E-state index is -3.61. The molecule has 146 valence electrons. The van der Waals surface area contributed by atoms with Gasteiger partial charge in [0.05, 0.1) is 4.90 Å². The number of hydrogen-bond acceptors (Lipinski definition) is 3. The Morgan fingerprint density at radius 1 is 1.14 bits per heavy atom. The van der Waals surface area contributed by atoms with Crippen LogP contribution in [0.3, 0.4) is 0 Å². The molecule has 1 N–H and O–H groups in total. The first-order chi connectivity index (χ1) is 13.5. The number of rotatable bonds is 3. The fraction of sp³-hybridized carbons (Fsp3) is 0.391. The van der Waals surface area contributed by atoms with Gasteiger partial charge >= 0.3 is 0 Å². The second-order valence-corrected chi connectivity index (χ2v) is 10.2. The maximum atomic E-state index is 13.7. The highest BCUT2D eigenvalue weighted by molar-refractivity contribution is 7.89. The molecule has 5 heteroatoms. The predicted molar refractivity (Wildman–Crippen MR) is 112 cm³/mol. The van der Waals surface area contributed by atoms with Gasteiger partial charge in [0.25, 0.3) is 0 Å². The quantitative estimate of drug-likeness (QED) is 0.783. The molecule has 2 heterocycles. The van der Waals surface area contributed by atoms with E-state index in [2.05, 4.69) is 36.2 Å². The lowest BCUT2D eigenvalue weighted by Crippen LogP contribution is -2.63. The van der Waals surface area contributed by atoms with E-state index < -0.39 is 15.7 Å². The Morgan fingerprint density at radius 3 is 2.64 bits per heavy atom. The average Bonchev–Trinajstić information content (AvgIpc) is 3.18. The van der Waals surface area contributed by atoms with Crippen LogP contribution in [0.15, 0.2) is 66.1 Å². The van der Waals surface area contributed by atoms with Crippen LogP contribution in [0.2, 0.25) is 0 Å². The molecule has 2 aliphatic heterocycles. The number of benzene rings is 2. The van der Waals surface area contributed by atoms with Crippen molar-refractivity contribution in [2.45, 2.75) is 48.6 Å². The average molecular weight is 395 g/mol. The number of sulfonamides is 1. The Morgan fingerprint density at radius 2 is 1.89 bits per heavy atom. The van der Waals surface area contributed by atoms with Gasteiger partial charge in [-0.15, -0.1) is 6.58 Å². The predicted octanol–water partition coefficient (Wildman–Crippen LogP) is 4.44. The zero-order valence-corrected chi connectivity index (χ0v) is 17.0. The summed E-state index contributed by atoms with van der Waals surface area (Å²) in [7, 11) is -3.61. The van der Waals surface area contributed by atoms with Crippen LogP contribution in [-0.4, -0.2) is 24.9 Å². The van der Waals surface area contributed by atoms with E-state index in [0.29, 0.717) is 11.4 Å². The first-order valence-corrected chi connectivity index (χ1v) is 11.5. The Bertz CT molecular complexity index is 1050. The summed E-state index contributed by atoms with van der Waals surface area (Å²) < 4.78 is 29.2. The third-order valence-corrected chi connectivity index (χ3v) is 9.14. The van der Waals surface area contributed by atoms with Gasteiger partial charge in [0.15, 0.2) is 0 Å². The molecule has 0 aromatic heterocycles. The summed E-state index contributed by atoms with van der Waals surface area (Å²) in [5.74, 6) is 0.260. The minimum absolute atomic E-state index is 0.249. The largest absolute Gasteiger partial charge is 0.365 e. The fourth-order valence-corrected chi connectivity index (χ4v) is 7.82. The van der Waals surface area contributed by atoms with Crippen molar-refractivity contribution in [1.29, 1.82) is 0 Å². The van der Waals surface area contributed by atoms with Gasteiger partial charge in [0.1, 0.15) is 5.66 Å². The molecule has 0 amide bonds. The lowest BCUT2D eigenvalue weighted by molar-refractivity contribution is 0.101. The summed E-state index contributed by atoms with van der Waals surface area (Å²) >= 11 is 0. The van der Waals surface area contributed by atoms with Crippen LogP contribution >= 0.6 is 0 Å². The second-order valence-electron chi connectivity index (χ2n) is 8.38. The number of fused-ring (bicyclic) bond motifs is 1. The van der Waals surface area contributed by atoms with Crippen molar-refractivity contribution in [2.75, 3.05) is 11.9 Å². The number of hydrogen-bond donors (Lipinski definition) is 1. The van der Waals surface area contributed by atoms with Crippen molar-refractivity contribution >= 4 is 15.7 Å². The van der Waals surface area contributed by atoms with Crippen molar-refractivity contribution in [3.8, 4) is 0 Å². The molecule has 1 unspecified atom stereocenters. The van der Waals surface area contributed by atoms with Crippen LogP contribution in [0.1, 0.15) is 36.8 Å². The van der Waals surface area contributed by atoms with Crippen molar-refractivity contribution < 1.29 is 8.42 Å². The molecule has 2 aromatic rings. The van der Waals surface area contributed by atoms with Gasteiger partial charge in [-0.05, 0) is 62.3 Å². The second kappa shape index (κ2) is 5.94. The molecule has 0 bridgehead atoms. The molecular formula is C23H26N2O2S. The first-order valence-electron chi connectivity index (χ1n) is 10.1. The van der Waals surface area contributed by atoms with E-state index >= 15 is 0 Å². The van der Waals surface area contributed by atoms with E-state index in [1.54, 1.807) is 16.4 Å². The maximum absolute atomic E-state index is 13.7. The minimum Gasteiger partial charge on any atom is -0.365 e. The van der Waals surface area contributed by atoms with Gasteiger partial charge in [-0.25, -0.2) is 8.42 Å². The van der Waals surface area contributed by atoms with Crippen LogP contribution < -0.4 is 5.32 Å². The third kappa shape index (κ3) is 2.06. The standard InChI is InChI=1S/C23H26N2O2S/c1-3-18-7-6-14-23-22(18,20-8-4-5-9-21(20)24-23)15-16-25(23)28(26,27)19-12-10-17(2)11-13-19/h3-5,8-13,18,24H,1,6-7,14-16H2,2H3/t18?,22-,23+/m1/s1. The van der Waals surface area contributed by atoms with E-state index in [9.17, 15) is 8.42 Å². The zero-order chi connectivity index (χ0) is 19.6. The summed E-state index contributed by atoms with van der Waals surface area (Å²) in [6, 6.07) is 15.6. The van der Waals surface area contributed by atoms with Crippen molar-refractivity contribution in [3.05, 3.63) is 72.3 Å². The Balaban J connectivity index is 1.70. The van der Waals surface area contributed by atoms with Gasteiger partial charge in [0, 0.05) is 17.6 Å². The molecule has 0 radical (unpaired) electrons. The Hall–Kier alpha value is -2.11. The molecule has 3 atom stereocenters. The zero-order valence-electron chi connectivity index (χ0n) is 16.2. The molecule has 3 aliphatic rings. The summed E-state index contributed by atoms with van der Waals surface area (Å²) in [4.78, 5) is 0.377. The molecule has 5 rings (SSSR count). The molecule has 1 saturated heterocycles. The highest BCUT2D eigenvalue weighted by Gasteiger charge is 2.70. The van der Waals surface area contributed by atoms with E-state index in [1.807, 2.05) is 25.1 Å². The smallest absolute Gasteiger partial charge is 0.245 e. The molecule has 1 aliphatic carbocycles. The number of aryl methyl sites for hydroxylation is 1. The highest BCUT2D eigenvalue weighted by Crippen LogP contribution is 2.64. The van der Waals surface area contributed by atoms with Gasteiger partial charge < -0.3 is 5.32 Å². The maximum Gasteiger partial charge on any atom is 0.245 e. The van der Waals surface area contributed by atoms with E-state index in [0.717, 1.165) is 36.9 Å². The Labute approximate surface area is 167 Å². The first kappa shape index (κ1) is 18.0.